The maximum Gasteiger partial charge on any atom is 0.251 e. The average Bonchev–Trinajstić information content (AvgIpc) is 2.68. The van der Waals surface area contributed by atoms with Gasteiger partial charge in [0, 0.05) is 18.9 Å². The molecule has 1 atom stereocenters. The number of sulfonamides is 1. The fourth-order valence-electron chi connectivity index (χ4n) is 2.72. The predicted octanol–water partition coefficient (Wildman–Crippen LogP) is 1.45. The quantitative estimate of drug-likeness (QED) is 0.800. The summed E-state index contributed by atoms with van der Waals surface area (Å²) in [5, 5.41) is 17.9. The van der Waals surface area contributed by atoms with Gasteiger partial charge in [-0.1, -0.05) is 0 Å². The molecule has 0 aliphatic carbocycles. The SMILES string of the molecule is N#Cc1ccc(S(=O)(=O)N2CCC[C@@H](Oc3nccnc3C#N)C2)cc1. The molecule has 0 amide bonds. The minimum absolute atomic E-state index is 0.0690. The summed E-state index contributed by atoms with van der Waals surface area (Å²) < 4.78 is 32.7. The summed E-state index contributed by atoms with van der Waals surface area (Å²) >= 11 is 0. The molecule has 0 spiro atoms. The van der Waals surface area contributed by atoms with Gasteiger partial charge >= 0.3 is 0 Å². The van der Waals surface area contributed by atoms with E-state index in [1.54, 1.807) is 0 Å². The molecule has 26 heavy (non-hydrogen) atoms. The molecule has 1 fully saturated rings. The van der Waals surface area contributed by atoms with Gasteiger partial charge in [0.1, 0.15) is 12.2 Å². The van der Waals surface area contributed by atoms with Crippen LogP contribution in [0.15, 0.2) is 41.6 Å². The molecule has 0 bridgehead atoms. The van der Waals surface area contributed by atoms with Crippen LogP contribution in [0, 0.1) is 22.7 Å². The second-order valence-corrected chi connectivity index (χ2v) is 7.64. The van der Waals surface area contributed by atoms with Crippen molar-refractivity contribution < 1.29 is 13.2 Å². The number of rotatable bonds is 4. The molecular weight excluding hydrogens is 354 g/mol. The Kier molecular flexibility index (Phi) is 5.12. The molecule has 1 aliphatic rings. The molecule has 1 aliphatic heterocycles. The molecule has 3 rings (SSSR count). The molecule has 1 aromatic heterocycles. The summed E-state index contributed by atoms with van der Waals surface area (Å²) in [6.07, 6.45) is 3.68. The lowest BCUT2D eigenvalue weighted by molar-refractivity contribution is 0.124. The van der Waals surface area contributed by atoms with E-state index in [1.807, 2.05) is 12.1 Å². The van der Waals surface area contributed by atoms with Crippen LogP contribution in [0.1, 0.15) is 24.1 Å². The highest BCUT2D eigenvalue weighted by Gasteiger charge is 2.31. The van der Waals surface area contributed by atoms with E-state index in [0.717, 1.165) is 0 Å². The van der Waals surface area contributed by atoms with Crippen LogP contribution in [0.2, 0.25) is 0 Å². The minimum atomic E-state index is -3.69. The fourth-order valence-corrected chi connectivity index (χ4v) is 4.23. The Morgan fingerprint density at radius 3 is 2.54 bits per heavy atom. The molecule has 0 unspecified atom stereocenters. The molecule has 0 saturated carbocycles. The zero-order valence-electron chi connectivity index (χ0n) is 13.7. The predicted molar refractivity (Wildman–Crippen MR) is 90.3 cm³/mol. The first-order valence-corrected chi connectivity index (χ1v) is 9.36. The van der Waals surface area contributed by atoms with Crippen LogP contribution in [0.3, 0.4) is 0 Å². The van der Waals surface area contributed by atoms with Gasteiger partial charge in [0.2, 0.25) is 15.7 Å². The highest BCUT2D eigenvalue weighted by molar-refractivity contribution is 7.89. The van der Waals surface area contributed by atoms with Gasteiger partial charge in [0.05, 0.1) is 23.1 Å². The smallest absolute Gasteiger partial charge is 0.251 e. The summed E-state index contributed by atoms with van der Waals surface area (Å²) in [5.74, 6) is 0.109. The van der Waals surface area contributed by atoms with E-state index in [9.17, 15) is 8.42 Å². The molecule has 132 valence electrons. The third-order valence-electron chi connectivity index (χ3n) is 4.01. The van der Waals surface area contributed by atoms with E-state index in [0.29, 0.717) is 24.9 Å². The van der Waals surface area contributed by atoms with Crippen molar-refractivity contribution in [3.05, 3.63) is 47.9 Å². The molecule has 9 heteroatoms. The van der Waals surface area contributed by atoms with Crippen molar-refractivity contribution in [3.63, 3.8) is 0 Å². The van der Waals surface area contributed by atoms with Gasteiger partial charge in [-0.3, -0.25) is 0 Å². The number of hydrogen-bond acceptors (Lipinski definition) is 7. The van der Waals surface area contributed by atoms with E-state index >= 15 is 0 Å². The van der Waals surface area contributed by atoms with E-state index in [1.165, 1.54) is 41.0 Å². The van der Waals surface area contributed by atoms with E-state index in [4.69, 9.17) is 15.3 Å². The van der Waals surface area contributed by atoms with Gasteiger partial charge in [-0.2, -0.15) is 14.8 Å². The standard InChI is InChI=1S/C17H15N5O3S/c18-10-13-3-5-15(6-4-13)26(23,24)22-9-1-2-14(12-22)25-17-16(11-19)20-7-8-21-17/h3-8,14H,1-2,9,12H2/t14-/m1/s1. The summed E-state index contributed by atoms with van der Waals surface area (Å²) in [5.41, 5.74) is 0.468. The molecule has 0 N–H and O–H groups in total. The first kappa shape index (κ1) is 17.8. The molecule has 0 radical (unpaired) electrons. The van der Waals surface area contributed by atoms with Gasteiger partial charge < -0.3 is 4.74 Å². The van der Waals surface area contributed by atoms with E-state index < -0.39 is 16.1 Å². The normalized spacial score (nSPS) is 17.8. The second kappa shape index (κ2) is 7.48. The number of nitrogens with zero attached hydrogens (tertiary/aromatic N) is 5. The third kappa shape index (κ3) is 3.64. The Morgan fingerprint density at radius 2 is 1.85 bits per heavy atom. The number of piperidine rings is 1. The topological polar surface area (TPSA) is 120 Å². The van der Waals surface area contributed by atoms with E-state index in [2.05, 4.69) is 9.97 Å². The molecule has 8 nitrogen and oxygen atoms in total. The van der Waals surface area contributed by atoms with Crippen LogP contribution in [-0.2, 0) is 10.0 Å². The summed E-state index contributed by atoms with van der Waals surface area (Å²) in [4.78, 5) is 8.02. The number of hydrogen-bond donors (Lipinski definition) is 0. The monoisotopic (exact) mass is 369 g/mol. The summed E-state index contributed by atoms with van der Waals surface area (Å²) in [7, 11) is -3.69. The van der Waals surface area contributed by atoms with Crippen molar-refractivity contribution in [1.82, 2.24) is 14.3 Å². The number of aromatic nitrogens is 2. The van der Waals surface area contributed by atoms with Gasteiger partial charge in [0.25, 0.3) is 5.88 Å². The zero-order valence-corrected chi connectivity index (χ0v) is 14.6. The first-order chi connectivity index (χ1) is 12.5. The fraction of sp³-hybridized carbons (Fsp3) is 0.294. The van der Waals surface area contributed by atoms with Gasteiger partial charge in [0.15, 0.2) is 0 Å². The van der Waals surface area contributed by atoms with Crippen molar-refractivity contribution in [2.24, 2.45) is 0 Å². The summed E-state index contributed by atoms with van der Waals surface area (Å²) in [6, 6.07) is 9.67. The van der Waals surface area contributed by atoms with Crippen molar-refractivity contribution in [2.45, 2.75) is 23.8 Å². The van der Waals surface area contributed by atoms with Crippen molar-refractivity contribution >= 4 is 10.0 Å². The highest BCUT2D eigenvalue weighted by Crippen LogP contribution is 2.24. The lowest BCUT2D eigenvalue weighted by atomic mass is 10.1. The number of ether oxygens (including phenoxy) is 1. The maximum absolute atomic E-state index is 12.8. The van der Waals surface area contributed by atoms with Crippen LogP contribution in [0.25, 0.3) is 0 Å². The van der Waals surface area contributed by atoms with Crippen LogP contribution in [-0.4, -0.2) is 41.9 Å². The lowest BCUT2D eigenvalue weighted by Crippen LogP contribution is -2.44. The average molecular weight is 369 g/mol. The van der Waals surface area contributed by atoms with Gasteiger partial charge in [-0.15, -0.1) is 0 Å². The Labute approximate surface area is 151 Å². The van der Waals surface area contributed by atoms with Crippen molar-refractivity contribution in [1.29, 1.82) is 10.5 Å². The van der Waals surface area contributed by atoms with E-state index in [-0.39, 0.29) is 23.0 Å². The van der Waals surface area contributed by atoms with Crippen molar-refractivity contribution in [2.75, 3.05) is 13.1 Å². The largest absolute Gasteiger partial charge is 0.471 e. The second-order valence-electron chi connectivity index (χ2n) is 5.70. The van der Waals surface area contributed by atoms with Gasteiger partial charge in [-0.25, -0.2) is 18.4 Å². The first-order valence-electron chi connectivity index (χ1n) is 7.92. The Morgan fingerprint density at radius 1 is 1.12 bits per heavy atom. The van der Waals surface area contributed by atoms with Crippen LogP contribution < -0.4 is 4.74 Å². The number of benzene rings is 1. The van der Waals surface area contributed by atoms with Crippen LogP contribution >= 0.6 is 0 Å². The summed E-state index contributed by atoms with van der Waals surface area (Å²) in [6.45, 7) is 0.539. The molecule has 2 heterocycles. The third-order valence-corrected chi connectivity index (χ3v) is 5.89. The van der Waals surface area contributed by atoms with Gasteiger partial charge in [-0.05, 0) is 37.1 Å². The molecular formula is C17H15N5O3S. The Bertz CT molecular complexity index is 977. The van der Waals surface area contributed by atoms with Crippen LogP contribution in [0.4, 0.5) is 0 Å². The minimum Gasteiger partial charge on any atom is -0.471 e. The molecule has 2 aromatic rings. The Balaban J connectivity index is 1.77. The van der Waals surface area contributed by atoms with Crippen molar-refractivity contribution in [3.8, 4) is 18.0 Å². The lowest BCUT2D eigenvalue weighted by Gasteiger charge is -2.31. The molecule has 1 saturated heterocycles. The zero-order chi connectivity index (χ0) is 18.6. The number of nitriles is 2. The van der Waals surface area contributed by atoms with Crippen LogP contribution in [0.5, 0.6) is 5.88 Å². The molecule has 1 aromatic carbocycles. The maximum atomic E-state index is 12.8. The Hall–Kier alpha value is -3.01. The highest BCUT2D eigenvalue weighted by atomic mass is 32.2.